The van der Waals surface area contributed by atoms with Crippen LogP contribution in [0.3, 0.4) is 0 Å². The first kappa shape index (κ1) is 25.1. The van der Waals surface area contributed by atoms with E-state index in [0.717, 1.165) is 5.69 Å². The van der Waals surface area contributed by atoms with E-state index in [-0.39, 0.29) is 5.41 Å². The highest BCUT2D eigenvalue weighted by molar-refractivity contribution is 6.19. The van der Waals surface area contributed by atoms with E-state index in [2.05, 4.69) is 170 Å². The second kappa shape index (κ2) is 9.30. The molecule has 7 aromatic carbocycles. The van der Waals surface area contributed by atoms with Crippen molar-refractivity contribution in [2.24, 2.45) is 0 Å². The summed E-state index contributed by atoms with van der Waals surface area (Å²) < 4.78 is 0. The van der Waals surface area contributed by atoms with Crippen LogP contribution in [0.15, 0.2) is 152 Å². The lowest BCUT2D eigenvalue weighted by Crippen LogP contribution is -2.16. The molecule has 0 atom stereocenters. The van der Waals surface area contributed by atoms with Gasteiger partial charge < -0.3 is 4.90 Å². The quantitative estimate of drug-likeness (QED) is 0.207. The summed E-state index contributed by atoms with van der Waals surface area (Å²) in [4.78, 5) is 2.47. The van der Waals surface area contributed by atoms with Crippen LogP contribution >= 0.6 is 0 Å². The summed E-state index contributed by atoms with van der Waals surface area (Å²) in [6, 6.07) is 55.8. The summed E-state index contributed by atoms with van der Waals surface area (Å²) in [6.45, 7) is 4.72. The Kier molecular flexibility index (Phi) is 5.31. The molecule has 7 aromatic rings. The number of nitrogens with zero attached hydrogens (tertiary/aromatic N) is 1. The van der Waals surface area contributed by atoms with Gasteiger partial charge in [0.2, 0.25) is 0 Å². The standard InChI is InChI=1S/C43H31N/c1-43(2)38-18-9-8-15-34(38)35-25-24-32(27-39(35)43)44(31-22-19-29(20-23-31)28-11-4-3-5-12-28)40-26-21-30-13-10-17-36-33-14-6-7-16-37(33)42(40)41(30)36/h3-27H,1-2H3. The van der Waals surface area contributed by atoms with Crippen molar-refractivity contribution in [1.29, 1.82) is 0 Å². The Labute approximate surface area is 258 Å². The number of fused-ring (bicyclic) bond motifs is 6. The Hall–Kier alpha value is -5.40. The molecular weight excluding hydrogens is 530 g/mol. The van der Waals surface area contributed by atoms with Gasteiger partial charge in [0.05, 0.1) is 5.69 Å². The van der Waals surface area contributed by atoms with Crippen molar-refractivity contribution in [3.63, 3.8) is 0 Å². The monoisotopic (exact) mass is 561 g/mol. The summed E-state index contributed by atoms with van der Waals surface area (Å²) in [7, 11) is 0. The Morgan fingerprint density at radius 1 is 0.432 bits per heavy atom. The highest BCUT2D eigenvalue weighted by Crippen LogP contribution is 2.55. The summed E-state index contributed by atoms with van der Waals surface area (Å²) in [5, 5.41) is 2.62. The fourth-order valence-electron chi connectivity index (χ4n) is 7.68. The molecule has 2 aliphatic carbocycles. The van der Waals surface area contributed by atoms with E-state index < -0.39 is 0 Å². The molecule has 208 valence electrons. The van der Waals surface area contributed by atoms with Crippen LogP contribution in [0, 0.1) is 0 Å². The summed E-state index contributed by atoms with van der Waals surface area (Å²) >= 11 is 0. The van der Waals surface area contributed by atoms with E-state index in [0.29, 0.717) is 0 Å². The molecule has 0 N–H and O–H groups in total. The minimum absolute atomic E-state index is 0.0787. The lowest BCUT2D eigenvalue weighted by molar-refractivity contribution is 0.660. The van der Waals surface area contributed by atoms with Gasteiger partial charge in [-0.25, -0.2) is 0 Å². The number of benzene rings is 7. The second-order valence-corrected chi connectivity index (χ2v) is 12.6. The predicted octanol–water partition coefficient (Wildman–Crippen LogP) is 11.9. The number of hydrogen-bond donors (Lipinski definition) is 0. The van der Waals surface area contributed by atoms with Gasteiger partial charge in [0.15, 0.2) is 0 Å². The van der Waals surface area contributed by atoms with Crippen molar-refractivity contribution in [2.75, 3.05) is 4.90 Å². The Morgan fingerprint density at radius 3 is 1.89 bits per heavy atom. The van der Waals surface area contributed by atoms with Crippen molar-refractivity contribution in [1.82, 2.24) is 0 Å². The maximum absolute atomic E-state index is 2.47. The van der Waals surface area contributed by atoms with Crippen LogP contribution in [0.5, 0.6) is 0 Å². The zero-order chi connectivity index (χ0) is 29.4. The number of rotatable bonds is 4. The molecule has 0 aliphatic heterocycles. The van der Waals surface area contributed by atoms with Gasteiger partial charge in [0.25, 0.3) is 0 Å². The van der Waals surface area contributed by atoms with E-state index in [4.69, 9.17) is 0 Å². The third-order valence-electron chi connectivity index (χ3n) is 9.81. The lowest BCUT2D eigenvalue weighted by Gasteiger charge is -2.30. The first-order valence-electron chi connectivity index (χ1n) is 15.5. The van der Waals surface area contributed by atoms with Gasteiger partial charge in [-0.1, -0.05) is 135 Å². The van der Waals surface area contributed by atoms with Crippen LogP contribution in [0.4, 0.5) is 17.1 Å². The molecule has 0 fully saturated rings. The first-order chi connectivity index (χ1) is 21.6. The molecule has 1 heteroatoms. The maximum atomic E-state index is 2.47. The van der Waals surface area contributed by atoms with Crippen molar-refractivity contribution in [2.45, 2.75) is 19.3 Å². The van der Waals surface area contributed by atoms with E-state index in [1.54, 1.807) is 0 Å². The van der Waals surface area contributed by atoms with Crippen LogP contribution in [-0.2, 0) is 5.41 Å². The normalized spacial score (nSPS) is 13.4. The molecule has 0 spiro atoms. The highest BCUT2D eigenvalue weighted by Gasteiger charge is 2.36. The van der Waals surface area contributed by atoms with Crippen LogP contribution in [0.2, 0.25) is 0 Å². The number of hydrogen-bond acceptors (Lipinski definition) is 1. The lowest BCUT2D eigenvalue weighted by atomic mass is 9.82. The zero-order valence-electron chi connectivity index (χ0n) is 24.9. The molecule has 0 radical (unpaired) electrons. The Bertz CT molecular complexity index is 2240. The van der Waals surface area contributed by atoms with E-state index >= 15 is 0 Å². The Balaban J connectivity index is 1.29. The summed E-state index contributed by atoms with van der Waals surface area (Å²) in [5.41, 5.74) is 16.6. The van der Waals surface area contributed by atoms with Gasteiger partial charge in [-0.05, 0) is 91.2 Å². The first-order valence-corrected chi connectivity index (χ1v) is 15.5. The Morgan fingerprint density at radius 2 is 1.07 bits per heavy atom. The molecule has 0 heterocycles. The third-order valence-corrected chi connectivity index (χ3v) is 9.81. The van der Waals surface area contributed by atoms with E-state index in [1.807, 2.05) is 0 Å². The third kappa shape index (κ3) is 3.53. The van der Waals surface area contributed by atoms with Gasteiger partial charge in [-0.3, -0.25) is 0 Å². The molecular formula is C43H31N. The molecule has 0 saturated carbocycles. The van der Waals surface area contributed by atoms with Crippen LogP contribution in [0.1, 0.15) is 25.0 Å². The smallest absolute Gasteiger partial charge is 0.0546 e. The molecule has 9 rings (SSSR count). The second-order valence-electron chi connectivity index (χ2n) is 12.6. The molecule has 1 nitrogen and oxygen atoms in total. The average Bonchev–Trinajstić information content (AvgIpc) is 3.53. The van der Waals surface area contributed by atoms with Crippen LogP contribution < -0.4 is 4.90 Å². The topological polar surface area (TPSA) is 3.24 Å². The minimum Gasteiger partial charge on any atom is -0.310 e. The summed E-state index contributed by atoms with van der Waals surface area (Å²) in [5.74, 6) is 0. The minimum atomic E-state index is -0.0787. The summed E-state index contributed by atoms with van der Waals surface area (Å²) in [6.07, 6.45) is 0. The zero-order valence-corrected chi connectivity index (χ0v) is 24.9. The molecule has 0 bridgehead atoms. The fourth-order valence-corrected chi connectivity index (χ4v) is 7.68. The van der Waals surface area contributed by atoms with Gasteiger partial charge in [-0.15, -0.1) is 0 Å². The average molecular weight is 562 g/mol. The molecule has 0 amide bonds. The molecule has 0 saturated heterocycles. The molecule has 0 aromatic heterocycles. The van der Waals surface area contributed by atoms with Crippen LogP contribution in [0.25, 0.3) is 55.3 Å². The SMILES string of the molecule is CC1(C)c2ccccc2-c2ccc(N(c3ccc(-c4ccccc4)cc3)c3ccc4cccc5c4c3-c3ccccc3-5)cc21. The van der Waals surface area contributed by atoms with Gasteiger partial charge >= 0.3 is 0 Å². The van der Waals surface area contributed by atoms with Crippen molar-refractivity contribution in [3.05, 3.63) is 163 Å². The van der Waals surface area contributed by atoms with Gasteiger partial charge in [0.1, 0.15) is 0 Å². The van der Waals surface area contributed by atoms with Gasteiger partial charge in [-0.2, -0.15) is 0 Å². The van der Waals surface area contributed by atoms with E-state index in [1.165, 1.54) is 77.8 Å². The van der Waals surface area contributed by atoms with Crippen molar-refractivity contribution < 1.29 is 0 Å². The largest absolute Gasteiger partial charge is 0.310 e. The highest BCUT2D eigenvalue weighted by atomic mass is 15.1. The predicted molar refractivity (Wildman–Crippen MR) is 186 cm³/mol. The van der Waals surface area contributed by atoms with E-state index in [9.17, 15) is 0 Å². The van der Waals surface area contributed by atoms with Gasteiger partial charge in [0, 0.05) is 22.4 Å². The maximum Gasteiger partial charge on any atom is 0.0546 e. The molecule has 2 aliphatic rings. The van der Waals surface area contributed by atoms with Crippen molar-refractivity contribution >= 4 is 27.8 Å². The molecule has 0 unspecified atom stereocenters. The molecule has 44 heavy (non-hydrogen) atoms. The fraction of sp³-hybridized carbons (Fsp3) is 0.0698. The van der Waals surface area contributed by atoms with Crippen LogP contribution in [-0.4, -0.2) is 0 Å². The van der Waals surface area contributed by atoms with Crippen molar-refractivity contribution in [3.8, 4) is 44.5 Å². The number of anilines is 3.